The van der Waals surface area contributed by atoms with Gasteiger partial charge in [0.1, 0.15) is 0 Å². The number of nitrogens with one attached hydrogen (secondary N) is 2. The molecule has 28 heavy (non-hydrogen) atoms. The minimum absolute atomic E-state index is 0.0475. The van der Waals surface area contributed by atoms with Gasteiger partial charge in [-0.2, -0.15) is 5.10 Å². The number of amides is 1. The van der Waals surface area contributed by atoms with Gasteiger partial charge in [0.25, 0.3) is 0 Å². The minimum atomic E-state index is -3.59. The van der Waals surface area contributed by atoms with E-state index in [1.807, 2.05) is 41.2 Å². The van der Waals surface area contributed by atoms with Crippen molar-refractivity contribution in [2.45, 2.75) is 24.4 Å². The Morgan fingerprint density at radius 3 is 2.36 bits per heavy atom. The van der Waals surface area contributed by atoms with Crippen molar-refractivity contribution in [2.75, 3.05) is 6.54 Å². The van der Waals surface area contributed by atoms with E-state index in [-0.39, 0.29) is 23.8 Å². The molecule has 0 fully saturated rings. The fourth-order valence-electron chi connectivity index (χ4n) is 2.61. The number of rotatable bonds is 9. The van der Waals surface area contributed by atoms with Gasteiger partial charge in [0.15, 0.2) is 0 Å². The van der Waals surface area contributed by atoms with Crippen molar-refractivity contribution in [3.8, 4) is 0 Å². The summed E-state index contributed by atoms with van der Waals surface area (Å²) in [6.07, 6.45) is 3.72. The Morgan fingerprint density at radius 2 is 1.68 bits per heavy atom. The van der Waals surface area contributed by atoms with Gasteiger partial charge in [0.05, 0.1) is 11.4 Å². The Kier molecular flexibility index (Phi) is 6.57. The van der Waals surface area contributed by atoms with E-state index in [4.69, 9.17) is 0 Å². The van der Waals surface area contributed by atoms with Gasteiger partial charge in [-0.25, -0.2) is 13.1 Å². The summed E-state index contributed by atoms with van der Waals surface area (Å²) in [4.78, 5) is 12.1. The van der Waals surface area contributed by atoms with E-state index in [0.717, 1.165) is 11.1 Å². The highest BCUT2D eigenvalue weighted by molar-refractivity contribution is 7.89. The molecule has 1 amide bonds. The zero-order valence-electron chi connectivity index (χ0n) is 15.3. The van der Waals surface area contributed by atoms with E-state index in [1.54, 1.807) is 24.4 Å². The van der Waals surface area contributed by atoms with Gasteiger partial charge in [0.2, 0.25) is 15.9 Å². The molecule has 146 valence electrons. The number of aromatic nitrogens is 2. The Morgan fingerprint density at radius 1 is 0.964 bits per heavy atom. The molecular weight excluding hydrogens is 376 g/mol. The fourth-order valence-corrected chi connectivity index (χ4v) is 3.67. The predicted octanol–water partition coefficient (Wildman–Crippen LogP) is 1.92. The molecule has 2 aromatic carbocycles. The number of carbonyl (C=O) groups excluding carboxylic acids is 1. The summed E-state index contributed by atoms with van der Waals surface area (Å²) in [6, 6.07) is 17.9. The van der Waals surface area contributed by atoms with E-state index < -0.39 is 10.0 Å². The summed E-state index contributed by atoms with van der Waals surface area (Å²) in [7, 11) is -3.59. The number of nitrogens with zero attached hydrogens (tertiary/aromatic N) is 2. The van der Waals surface area contributed by atoms with Crippen LogP contribution in [0.3, 0.4) is 0 Å². The smallest absolute Gasteiger partial charge is 0.240 e. The summed E-state index contributed by atoms with van der Waals surface area (Å²) in [5.74, 6) is -0.212. The molecule has 0 saturated heterocycles. The lowest BCUT2D eigenvalue weighted by Gasteiger charge is -2.08. The summed E-state index contributed by atoms with van der Waals surface area (Å²) < 4.78 is 28.5. The van der Waals surface area contributed by atoms with E-state index >= 15 is 0 Å². The molecule has 2 N–H and O–H groups in total. The van der Waals surface area contributed by atoms with Crippen LogP contribution in [-0.2, 0) is 27.9 Å². The van der Waals surface area contributed by atoms with Crippen LogP contribution < -0.4 is 10.0 Å². The zero-order chi connectivity index (χ0) is 19.8. The van der Waals surface area contributed by atoms with Crippen LogP contribution in [0.15, 0.2) is 78.0 Å². The lowest BCUT2D eigenvalue weighted by Crippen LogP contribution is -2.30. The van der Waals surface area contributed by atoms with Gasteiger partial charge in [-0.3, -0.25) is 9.48 Å². The van der Waals surface area contributed by atoms with Gasteiger partial charge < -0.3 is 5.32 Å². The van der Waals surface area contributed by atoms with Gasteiger partial charge in [-0.15, -0.1) is 0 Å². The van der Waals surface area contributed by atoms with Crippen molar-refractivity contribution in [1.82, 2.24) is 19.8 Å². The number of hydrogen-bond acceptors (Lipinski definition) is 4. The van der Waals surface area contributed by atoms with E-state index in [1.165, 1.54) is 12.1 Å². The van der Waals surface area contributed by atoms with Crippen molar-refractivity contribution in [3.63, 3.8) is 0 Å². The van der Waals surface area contributed by atoms with Gasteiger partial charge in [-0.1, -0.05) is 42.5 Å². The number of hydrogen-bond donors (Lipinski definition) is 2. The van der Waals surface area contributed by atoms with Crippen molar-refractivity contribution in [3.05, 3.63) is 84.2 Å². The molecule has 3 rings (SSSR count). The van der Waals surface area contributed by atoms with Crippen LogP contribution in [0.25, 0.3) is 0 Å². The monoisotopic (exact) mass is 398 g/mol. The SMILES string of the molecule is O=C(CCNS(=O)(=O)c1ccccc1)NCc1ccc(Cn2cccn2)cc1. The summed E-state index contributed by atoms with van der Waals surface area (Å²) in [6.45, 7) is 1.14. The first kappa shape index (κ1) is 19.8. The molecule has 0 aliphatic heterocycles. The van der Waals surface area contributed by atoms with Crippen LogP contribution in [0.5, 0.6) is 0 Å². The molecular formula is C20H22N4O3S. The Balaban J connectivity index is 1.40. The molecule has 8 heteroatoms. The van der Waals surface area contributed by atoms with Crippen molar-refractivity contribution in [1.29, 1.82) is 0 Å². The average Bonchev–Trinajstić information content (AvgIpc) is 3.21. The minimum Gasteiger partial charge on any atom is -0.352 e. The predicted molar refractivity (Wildman–Crippen MR) is 106 cm³/mol. The summed E-state index contributed by atoms with van der Waals surface area (Å²) >= 11 is 0. The number of benzene rings is 2. The van der Waals surface area contributed by atoms with Crippen LogP contribution in [-0.4, -0.2) is 30.7 Å². The first-order chi connectivity index (χ1) is 13.5. The third-order valence-electron chi connectivity index (χ3n) is 4.11. The normalized spacial score (nSPS) is 11.3. The highest BCUT2D eigenvalue weighted by Gasteiger charge is 2.13. The second-order valence-corrected chi connectivity index (χ2v) is 8.02. The standard InChI is InChI=1S/C20H22N4O3S/c25-20(11-13-23-28(26,27)19-5-2-1-3-6-19)21-15-17-7-9-18(10-8-17)16-24-14-4-12-22-24/h1-10,12,14,23H,11,13,15-16H2,(H,21,25). The molecule has 0 spiro atoms. The quantitative estimate of drug-likeness (QED) is 0.576. The largest absolute Gasteiger partial charge is 0.352 e. The maximum Gasteiger partial charge on any atom is 0.240 e. The van der Waals surface area contributed by atoms with Crippen molar-refractivity contribution < 1.29 is 13.2 Å². The highest BCUT2D eigenvalue weighted by Crippen LogP contribution is 2.07. The number of sulfonamides is 1. The van der Waals surface area contributed by atoms with Crippen molar-refractivity contribution >= 4 is 15.9 Å². The topological polar surface area (TPSA) is 93.1 Å². The molecule has 0 bridgehead atoms. The van der Waals surface area contributed by atoms with Crippen molar-refractivity contribution in [2.24, 2.45) is 0 Å². The third kappa shape index (κ3) is 5.77. The molecule has 7 nitrogen and oxygen atoms in total. The average molecular weight is 398 g/mol. The van der Waals surface area contributed by atoms with Gasteiger partial charge in [-0.05, 0) is 29.3 Å². The summed E-state index contributed by atoms with van der Waals surface area (Å²) in [5, 5.41) is 6.97. The molecule has 0 aliphatic carbocycles. The molecule has 0 aliphatic rings. The lowest BCUT2D eigenvalue weighted by molar-refractivity contribution is -0.121. The van der Waals surface area contributed by atoms with Crippen LogP contribution in [0.1, 0.15) is 17.5 Å². The van der Waals surface area contributed by atoms with Crippen LogP contribution in [0.2, 0.25) is 0 Å². The maximum absolute atomic E-state index is 12.1. The van der Waals surface area contributed by atoms with Crippen LogP contribution >= 0.6 is 0 Å². The van der Waals surface area contributed by atoms with Crippen LogP contribution in [0.4, 0.5) is 0 Å². The Bertz CT molecular complexity index is 986. The molecule has 1 heterocycles. The first-order valence-corrected chi connectivity index (χ1v) is 10.4. The van der Waals surface area contributed by atoms with E-state index in [9.17, 15) is 13.2 Å². The summed E-state index contributed by atoms with van der Waals surface area (Å²) in [5.41, 5.74) is 2.09. The second kappa shape index (κ2) is 9.29. The van der Waals surface area contributed by atoms with E-state index in [2.05, 4.69) is 15.1 Å². The molecule has 0 atom stereocenters. The van der Waals surface area contributed by atoms with Gasteiger partial charge >= 0.3 is 0 Å². The fraction of sp³-hybridized carbons (Fsp3) is 0.200. The van der Waals surface area contributed by atoms with E-state index in [0.29, 0.717) is 13.1 Å². The molecule has 1 aromatic heterocycles. The molecule has 3 aromatic rings. The number of carbonyl (C=O) groups is 1. The maximum atomic E-state index is 12.1. The third-order valence-corrected chi connectivity index (χ3v) is 5.59. The molecule has 0 radical (unpaired) electrons. The van der Waals surface area contributed by atoms with Gasteiger partial charge in [0, 0.05) is 31.9 Å². The molecule has 0 saturated carbocycles. The Hall–Kier alpha value is -2.97. The molecule has 0 unspecified atom stereocenters. The zero-order valence-corrected chi connectivity index (χ0v) is 16.1. The lowest BCUT2D eigenvalue weighted by atomic mass is 10.1. The second-order valence-electron chi connectivity index (χ2n) is 6.26. The Labute approximate surface area is 164 Å². The first-order valence-electron chi connectivity index (χ1n) is 8.89. The van der Waals surface area contributed by atoms with Crippen LogP contribution in [0, 0.1) is 0 Å². The highest BCUT2D eigenvalue weighted by atomic mass is 32.2.